The minimum Gasteiger partial charge on any atom is -0.414 e. The SMILES string of the molecule is C[C@H]1C[NH+](C(=O)OC(C)(C)C)CCN1c1nc(-c2ccncn2)cc(=O)n1C. The van der Waals surface area contributed by atoms with Gasteiger partial charge in [-0.2, -0.15) is 4.79 Å². The maximum Gasteiger partial charge on any atom is 0.514 e. The van der Waals surface area contributed by atoms with Crippen LogP contribution in [0.15, 0.2) is 29.5 Å². The van der Waals surface area contributed by atoms with Crippen LogP contribution in [0.25, 0.3) is 11.4 Å². The van der Waals surface area contributed by atoms with Crippen LogP contribution in [-0.2, 0) is 11.8 Å². The molecule has 9 nitrogen and oxygen atoms in total. The lowest BCUT2D eigenvalue weighted by atomic mass is 10.2. The fourth-order valence-corrected chi connectivity index (χ4v) is 3.24. The standard InChI is InChI=1S/C19H26N6O3/c1-13-11-24(18(27)28-19(2,3)4)8-9-25(13)17-22-15(10-16(26)23(17)5)14-6-7-20-12-21-14/h6-7,10,12-13H,8-9,11H2,1-5H3/p+1/t13-/m0/s1. The van der Waals surface area contributed by atoms with Crippen molar-refractivity contribution in [2.45, 2.75) is 39.3 Å². The van der Waals surface area contributed by atoms with Crippen LogP contribution in [-0.4, -0.2) is 56.9 Å². The van der Waals surface area contributed by atoms with Crippen LogP contribution in [0.2, 0.25) is 0 Å². The molecule has 3 rings (SSSR count). The van der Waals surface area contributed by atoms with Gasteiger partial charge < -0.3 is 9.64 Å². The third-order valence-electron chi connectivity index (χ3n) is 4.63. The Morgan fingerprint density at radius 2 is 2.07 bits per heavy atom. The summed E-state index contributed by atoms with van der Waals surface area (Å²) in [6.45, 7) is 9.35. The maximum atomic E-state index is 12.5. The number of nitrogens with zero attached hydrogens (tertiary/aromatic N) is 5. The monoisotopic (exact) mass is 387 g/mol. The van der Waals surface area contributed by atoms with Crippen LogP contribution in [0.5, 0.6) is 0 Å². The zero-order chi connectivity index (χ0) is 20.5. The molecule has 0 aliphatic carbocycles. The van der Waals surface area contributed by atoms with Crippen LogP contribution in [0.1, 0.15) is 27.7 Å². The predicted molar refractivity (Wildman–Crippen MR) is 104 cm³/mol. The van der Waals surface area contributed by atoms with Crippen LogP contribution in [0.4, 0.5) is 10.7 Å². The molecule has 0 aromatic carbocycles. The van der Waals surface area contributed by atoms with Crippen molar-refractivity contribution in [1.82, 2.24) is 19.5 Å². The number of alkyl carbamates (subject to hydrolysis) is 2. The van der Waals surface area contributed by atoms with Gasteiger partial charge in [-0.25, -0.2) is 19.9 Å². The highest BCUT2D eigenvalue weighted by Gasteiger charge is 2.35. The third kappa shape index (κ3) is 4.36. The summed E-state index contributed by atoms with van der Waals surface area (Å²) in [6, 6.07) is 3.20. The Morgan fingerprint density at radius 1 is 1.32 bits per heavy atom. The molecule has 2 aromatic heterocycles. The average molecular weight is 387 g/mol. The number of hydrogen-bond acceptors (Lipinski definition) is 7. The molecule has 1 unspecified atom stereocenters. The number of aromatic nitrogens is 4. The molecule has 0 spiro atoms. The van der Waals surface area contributed by atoms with E-state index in [1.165, 1.54) is 17.0 Å². The summed E-state index contributed by atoms with van der Waals surface area (Å²) in [5, 5.41) is 0. The Bertz CT molecular complexity index is 906. The quantitative estimate of drug-likeness (QED) is 0.790. The van der Waals surface area contributed by atoms with E-state index in [0.717, 1.165) is 4.90 Å². The summed E-state index contributed by atoms with van der Waals surface area (Å²) in [5.74, 6) is 0.567. The molecule has 0 saturated carbocycles. The molecule has 150 valence electrons. The summed E-state index contributed by atoms with van der Waals surface area (Å²) >= 11 is 0. The van der Waals surface area contributed by atoms with Crippen LogP contribution in [0, 0.1) is 0 Å². The average Bonchev–Trinajstić information content (AvgIpc) is 2.63. The molecule has 1 saturated heterocycles. The van der Waals surface area contributed by atoms with E-state index < -0.39 is 5.60 Å². The molecule has 3 heterocycles. The minimum atomic E-state index is -0.512. The van der Waals surface area contributed by atoms with E-state index in [9.17, 15) is 9.59 Å². The first-order valence-electron chi connectivity index (χ1n) is 9.35. The number of quaternary nitrogens is 1. The molecule has 1 fully saturated rings. The number of ether oxygens (including phenoxy) is 1. The number of amides is 1. The molecule has 2 atom stereocenters. The van der Waals surface area contributed by atoms with E-state index in [4.69, 9.17) is 4.74 Å². The van der Waals surface area contributed by atoms with Crippen LogP contribution < -0.4 is 15.4 Å². The van der Waals surface area contributed by atoms with Gasteiger partial charge in [-0.15, -0.1) is 0 Å². The van der Waals surface area contributed by atoms with Gasteiger partial charge >= 0.3 is 6.09 Å². The topological polar surface area (TPSA) is 94.7 Å². The van der Waals surface area contributed by atoms with E-state index in [1.54, 1.807) is 19.3 Å². The van der Waals surface area contributed by atoms with Crippen molar-refractivity contribution in [2.24, 2.45) is 7.05 Å². The van der Waals surface area contributed by atoms with Gasteiger partial charge in [-0.05, 0) is 33.8 Å². The first-order chi connectivity index (χ1) is 13.2. The summed E-state index contributed by atoms with van der Waals surface area (Å²) in [6.07, 6.45) is 2.81. The molecule has 0 bridgehead atoms. The van der Waals surface area contributed by atoms with Crippen molar-refractivity contribution in [1.29, 1.82) is 0 Å². The second-order valence-corrected chi connectivity index (χ2v) is 8.04. The fourth-order valence-electron chi connectivity index (χ4n) is 3.24. The number of anilines is 1. The van der Waals surface area contributed by atoms with Gasteiger partial charge in [0, 0.05) is 19.3 Å². The third-order valence-corrected chi connectivity index (χ3v) is 4.63. The molecule has 28 heavy (non-hydrogen) atoms. The van der Waals surface area contributed by atoms with Crippen molar-refractivity contribution in [3.63, 3.8) is 0 Å². The molecular formula is C19H27N6O3+. The van der Waals surface area contributed by atoms with Crippen molar-refractivity contribution in [3.05, 3.63) is 35.0 Å². The van der Waals surface area contributed by atoms with Crippen LogP contribution >= 0.6 is 0 Å². The number of carbonyl (C=O) groups excluding carboxylic acids is 1. The van der Waals surface area contributed by atoms with E-state index in [1.807, 2.05) is 27.7 Å². The van der Waals surface area contributed by atoms with Gasteiger partial charge in [0.05, 0.1) is 24.0 Å². The summed E-state index contributed by atoms with van der Waals surface area (Å²) in [4.78, 5) is 40.5. The van der Waals surface area contributed by atoms with Gasteiger partial charge in [0.2, 0.25) is 5.95 Å². The summed E-state index contributed by atoms with van der Waals surface area (Å²) in [7, 11) is 1.70. The smallest absolute Gasteiger partial charge is 0.414 e. The highest BCUT2D eigenvalue weighted by Crippen LogP contribution is 2.18. The molecule has 0 radical (unpaired) electrons. The minimum absolute atomic E-state index is 0.00928. The maximum absolute atomic E-state index is 12.5. The van der Waals surface area contributed by atoms with Crippen molar-refractivity contribution < 1.29 is 14.4 Å². The Morgan fingerprint density at radius 3 is 2.68 bits per heavy atom. The largest absolute Gasteiger partial charge is 0.514 e. The fraction of sp³-hybridized carbons (Fsp3) is 0.526. The number of carbonyl (C=O) groups is 1. The second kappa shape index (κ2) is 7.67. The first-order valence-corrected chi connectivity index (χ1v) is 9.35. The second-order valence-electron chi connectivity index (χ2n) is 8.04. The summed E-state index contributed by atoms with van der Waals surface area (Å²) in [5.41, 5.74) is 0.434. The lowest BCUT2D eigenvalue weighted by Crippen LogP contribution is -3.18. The Labute approximate surface area is 164 Å². The number of rotatable bonds is 2. The van der Waals surface area contributed by atoms with Gasteiger partial charge in [-0.3, -0.25) is 9.36 Å². The first kappa shape index (κ1) is 19.9. The van der Waals surface area contributed by atoms with Crippen molar-refractivity contribution in [3.8, 4) is 11.4 Å². The highest BCUT2D eigenvalue weighted by molar-refractivity contribution is 5.58. The molecule has 2 aromatic rings. The Hall–Kier alpha value is -2.81. The molecule has 1 N–H and O–H groups in total. The zero-order valence-electron chi connectivity index (χ0n) is 17.0. The van der Waals surface area contributed by atoms with Gasteiger partial charge in [0.25, 0.3) is 5.56 Å². The molecule has 9 heteroatoms. The van der Waals surface area contributed by atoms with Gasteiger partial charge in [0.1, 0.15) is 25.0 Å². The number of hydrogen-bond donors (Lipinski definition) is 1. The Kier molecular flexibility index (Phi) is 5.46. The zero-order valence-corrected chi connectivity index (χ0v) is 17.0. The molecule has 1 aliphatic heterocycles. The number of piperazine rings is 1. The van der Waals surface area contributed by atoms with Crippen molar-refractivity contribution in [2.75, 3.05) is 24.5 Å². The summed E-state index contributed by atoms with van der Waals surface area (Å²) < 4.78 is 7.03. The Balaban J connectivity index is 1.84. The van der Waals surface area contributed by atoms with E-state index in [-0.39, 0.29) is 17.7 Å². The predicted octanol–water partition coefficient (Wildman–Crippen LogP) is 0.266. The van der Waals surface area contributed by atoms with E-state index in [2.05, 4.69) is 19.9 Å². The highest BCUT2D eigenvalue weighted by atomic mass is 16.6. The lowest BCUT2D eigenvalue weighted by Gasteiger charge is -2.37. The molecule has 1 amide bonds. The van der Waals surface area contributed by atoms with Crippen LogP contribution in [0.3, 0.4) is 0 Å². The molecule has 1 aliphatic rings. The lowest BCUT2D eigenvalue weighted by molar-refractivity contribution is -0.828. The number of nitrogens with one attached hydrogen (secondary N) is 1. The van der Waals surface area contributed by atoms with Gasteiger partial charge in [-0.1, -0.05) is 0 Å². The van der Waals surface area contributed by atoms with E-state index in [0.29, 0.717) is 37.0 Å². The van der Waals surface area contributed by atoms with Crippen molar-refractivity contribution >= 4 is 12.0 Å². The molecular weight excluding hydrogens is 360 g/mol. The van der Waals surface area contributed by atoms with Gasteiger partial charge in [0.15, 0.2) is 0 Å². The normalized spacial score (nSPS) is 20.1. The van der Waals surface area contributed by atoms with E-state index >= 15 is 0 Å².